The van der Waals surface area contributed by atoms with Crippen molar-refractivity contribution < 1.29 is 8.81 Å². The Hall–Kier alpha value is -0.580. The fraction of sp³-hybridized carbons (Fsp3) is 0.429. The molecule has 2 nitrogen and oxygen atoms in total. The third-order valence-corrected chi connectivity index (χ3v) is 3.90. The van der Waals surface area contributed by atoms with E-state index < -0.39 is 5.82 Å². The minimum atomic E-state index is -0.407. The normalized spacial score (nSPS) is 11.7. The van der Waals surface area contributed by atoms with E-state index in [0.29, 0.717) is 22.0 Å². The smallest absolute Gasteiger partial charge is 0.153 e. The van der Waals surface area contributed by atoms with Crippen LogP contribution in [-0.4, -0.2) is 6.54 Å². The molecule has 0 bridgehead atoms. The molecule has 0 fully saturated rings. The van der Waals surface area contributed by atoms with Crippen LogP contribution in [0.3, 0.4) is 0 Å². The van der Waals surface area contributed by atoms with Gasteiger partial charge in [-0.05, 0) is 34.5 Å². The van der Waals surface area contributed by atoms with Crippen LogP contribution in [0.25, 0.3) is 11.0 Å². The van der Waals surface area contributed by atoms with E-state index in [1.54, 1.807) is 0 Å². The van der Waals surface area contributed by atoms with E-state index >= 15 is 0 Å². The monoisotopic (exact) mass is 347 g/mol. The van der Waals surface area contributed by atoms with E-state index in [9.17, 15) is 4.39 Å². The Labute approximate surface area is 125 Å². The molecule has 0 aliphatic heterocycles. The Bertz CT molecular complexity index is 609. The lowest BCUT2D eigenvalue weighted by Gasteiger charge is -2.07. The zero-order chi connectivity index (χ0) is 14.2. The van der Waals surface area contributed by atoms with E-state index in [1.165, 1.54) is 6.07 Å². The zero-order valence-electron chi connectivity index (χ0n) is 11.1. The third kappa shape index (κ3) is 2.67. The topological polar surface area (TPSA) is 25.2 Å². The van der Waals surface area contributed by atoms with Gasteiger partial charge in [0, 0.05) is 5.56 Å². The maximum Gasteiger partial charge on any atom is 0.153 e. The van der Waals surface area contributed by atoms with E-state index in [0.717, 1.165) is 17.9 Å². The van der Waals surface area contributed by atoms with Gasteiger partial charge in [-0.3, -0.25) is 0 Å². The van der Waals surface area contributed by atoms with Crippen molar-refractivity contribution in [3.05, 3.63) is 32.7 Å². The van der Waals surface area contributed by atoms with Gasteiger partial charge in [0.1, 0.15) is 5.76 Å². The van der Waals surface area contributed by atoms with Crippen molar-refractivity contribution in [2.24, 2.45) is 0 Å². The quantitative estimate of drug-likeness (QED) is 0.766. The zero-order valence-corrected chi connectivity index (χ0v) is 13.5. The summed E-state index contributed by atoms with van der Waals surface area (Å²) in [5.41, 5.74) is 1.41. The first-order chi connectivity index (χ1) is 8.97. The predicted octanol–water partition coefficient (Wildman–Crippen LogP) is 5.22. The van der Waals surface area contributed by atoms with E-state index in [1.807, 2.05) is 20.8 Å². The predicted molar refractivity (Wildman–Crippen MR) is 80.4 cm³/mol. The summed E-state index contributed by atoms with van der Waals surface area (Å²) >= 11 is 9.30. The molecule has 5 heteroatoms. The van der Waals surface area contributed by atoms with Crippen LogP contribution in [0.5, 0.6) is 0 Å². The minimum Gasteiger partial charge on any atom is -0.458 e. The first-order valence-electron chi connectivity index (χ1n) is 6.26. The lowest BCUT2D eigenvalue weighted by molar-refractivity contribution is 0.509. The summed E-state index contributed by atoms with van der Waals surface area (Å²) in [6.07, 6.45) is 0. The molecule has 2 aromatic rings. The Balaban J connectivity index is 2.74. The Morgan fingerprint density at radius 1 is 1.47 bits per heavy atom. The molecule has 0 saturated heterocycles. The highest BCUT2D eigenvalue weighted by atomic mass is 79.9. The number of hydrogen-bond donors (Lipinski definition) is 1. The van der Waals surface area contributed by atoms with Gasteiger partial charge in [0.2, 0.25) is 0 Å². The fourth-order valence-electron chi connectivity index (χ4n) is 2.22. The Kier molecular flexibility index (Phi) is 4.54. The number of rotatable bonds is 4. The van der Waals surface area contributed by atoms with Gasteiger partial charge in [0.25, 0.3) is 0 Å². The van der Waals surface area contributed by atoms with Crippen LogP contribution in [-0.2, 0) is 6.54 Å². The molecule has 104 valence electrons. The summed E-state index contributed by atoms with van der Waals surface area (Å²) in [6.45, 7) is 7.48. The largest absolute Gasteiger partial charge is 0.458 e. The van der Waals surface area contributed by atoms with Gasteiger partial charge in [0.05, 0.1) is 21.4 Å². The number of hydrogen-bond acceptors (Lipinski definition) is 2. The van der Waals surface area contributed by atoms with Gasteiger partial charge in [0.15, 0.2) is 11.4 Å². The van der Waals surface area contributed by atoms with Crippen LogP contribution in [0.4, 0.5) is 4.39 Å². The maximum absolute atomic E-state index is 14.3. The number of nitrogens with one attached hydrogen (secondary N) is 1. The molecular weight excluding hydrogens is 333 g/mol. The SMILES string of the molecule is CCNCc1oc2c(Br)cc(Cl)c(F)c2c1C(C)C. The highest BCUT2D eigenvalue weighted by Gasteiger charge is 2.23. The molecule has 0 saturated carbocycles. The second-order valence-electron chi connectivity index (χ2n) is 4.73. The van der Waals surface area contributed by atoms with Crippen molar-refractivity contribution in [1.29, 1.82) is 0 Å². The van der Waals surface area contributed by atoms with Crippen molar-refractivity contribution in [2.75, 3.05) is 6.54 Å². The molecule has 19 heavy (non-hydrogen) atoms. The minimum absolute atomic E-state index is 0.108. The highest BCUT2D eigenvalue weighted by molar-refractivity contribution is 9.10. The molecular formula is C14H16BrClFNO. The number of halogens is 3. The van der Waals surface area contributed by atoms with Crippen LogP contribution < -0.4 is 5.32 Å². The Morgan fingerprint density at radius 2 is 2.16 bits per heavy atom. The second-order valence-corrected chi connectivity index (χ2v) is 5.99. The summed E-state index contributed by atoms with van der Waals surface area (Å²) < 4.78 is 20.8. The number of benzene rings is 1. The van der Waals surface area contributed by atoms with Crippen molar-refractivity contribution in [2.45, 2.75) is 33.2 Å². The third-order valence-electron chi connectivity index (χ3n) is 3.03. The fourth-order valence-corrected chi connectivity index (χ4v) is 3.06. The van der Waals surface area contributed by atoms with E-state index in [-0.39, 0.29) is 10.9 Å². The lowest BCUT2D eigenvalue weighted by atomic mass is 9.99. The van der Waals surface area contributed by atoms with Crippen molar-refractivity contribution in [1.82, 2.24) is 5.32 Å². The van der Waals surface area contributed by atoms with Crippen LogP contribution in [0.1, 0.15) is 38.0 Å². The molecule has 1 aromatic carbocycles. The molecule has 1 N–H and O–H groups in total. The van der Waals surface area contributed by atoms with Crippen molar-refractivity contribution in [3.8, 4) is 0 Å². The maximum atomic E-state index is 14.3. The van der Waals surface area contributed by atoms with Gasteiger partial charge in [-0.25, -0.2) is 4.39 Å². The molecule has 0 spiro atoms. The van der Waals surface area contributed by atoms with Crippen molar-refractivity contribution >= 4 is 38.5 Å². The van der Waals surface area contributed by atoms with Crippen LogP contribution in [0.15, 0.2) is 15.0 Å². The van der Waals surface area contributed by atoms with Gasteiger partial charge in [-0.15, -0.1) is 0 Å². The molecule has 0 radical (unpaired) electrons. The van der Waals surface area contributed by atoms with E-state index in [2.05, 4.69) is 21.2 Å². The van der Waals surface area contributed by atoms with E-state index in [4.69, 9.17) is 16.0 Å². The highest BCUT2D eigenvalue weighted by Crippen LogP contribution is 2.40. The molecule has 0 aliphatic carbocycles. The molecule has 0 aliphatic rings. The number of furan rings is 1. The van der Waals surface area contributed by atoms with Crippen LogP contribution in [0, 0.1) is 5.82 Å². The van der Waals surface area contributed by atoms with Gasteiger partial charge in [-0.1, -0.05) is 32.4 Å². The summed E-state index contributed by atoms with van der Waals surface area (Å²) in [5.74, 6) is 0.526. The van der Waals surface area contributed by atoms with Gasteiger partial charge < -0.3 is 9.73 Å². The number of fused-ring (bicyclic) bond motifs is 1. The summed E-state index contributed by atoms with van der Waals surface area (Å²) in [7, 11) is 0. The lowest BCUT2D eigenvalue weighted by Crippen LogP contribution is -2.12. The van der Waals surface area contributed by atoms with Crippen LogP contribution in [0.2, 0.25) is 5.02 Å². The van der Waals surface area contributed by atoms with Gasteiger partial charge >= 0.3 is 0 Å². The summed E-state index contributed by atoms with van der Waals surface area (Å²) in [4.78, 5) is 0. The molecule has 0 unspecified atom stereocenters. The molecule has 0 atom stereocenters. The average Bonchev–Trinajstić information content (AvgIpc) is 2.73. The summed E-state index contributed by atoms with van der Waals surface area (Å²) in [6, 6.07) is 1.53. The first kappa shape index (κ1) is 14.8. The van der Waals surface area contributed by atoms with Crippen LogP contribution >= 0.6 is 27.5 Å². The van der Waals surface area contributed by atoms with Gasteiger partial charge in [-0.2, -0.15) is 0 Å². The standard InChI is InChI=1S/C14H16BrClFNO/c1-4-18-6-10-11(7(2)3)12-13(17)9(16)5-8(15)14(12)19-10/h5,7,18H,4,6H2,1-3H3. The second kappa shape index (κ2) is 5.81. The average molecular weight is 349 g/mol. The molecule has 2 rings (SSSR count). The Morgan fingerprint density at radius 3 is 2.74 bits per heavy atom. The molecule has 0 amide bonds. The molecule has 1 heterocycles. The van der Waals surface area contributed by atoms with Crippen molar-refractivity contribution in [3.63, 3.8) is 0 Å². The first-order valence-corrected chi connectivity index (χ1v) is 7.43. The summed E-state index contributed by atoms with van der Waals surface area (Å²) in [5, 5.41) is 3.81. The molecule has 1 aromatic heterocycles.